The van der Waals surface area contributed by atoms with E-state index in [0.717, 1.165) is 30.8 Å². The molecule has 0 radical (unpaired) electrons. The van der Waals surface area contributed by atoms with Crippen LogP contribution < -0.4 is 0 Å². The van der Waals surface area contributed by atoms with E-state index in [2.05, 4.69) is 15.0 Å². The minimum absolute atomic E-state index is 0.0605. The van der Waals surface area contributed by atoms with Crippen molar-refractivity contribution in [2.75, 3.05) is 33.3 Å². The molecule has 0 aromatic carbocycles. The minimum atomic E-state index is -0.159. The number of likely N-dealkylation sites (tertiary alicyclic amines) is 2. The van der Waals surface area contributed by atoms with Crippen LogP contribution in [0.25, 0.3) is 10.7 Å². The van der Waals surface area contributed by atoms with Gasteiger partial charge in [0.05, 0.1) is 24.4 Å². The van der Waals surface area contributed by atoms with Crippen LogP contribution in [-0.4, -0.2) is 65.1 Å². The predicted molar refractivity (Wildman–Crippen MR) is 107 cm³/mol. The third-order valence-corrected chi connectivity index (χ3v) is 6.71. The van der Waals surface area contributed by atoms with Crippen molar-refractivity contribution in [2.45, 2.75) is 32.2 Å². The van der Waals surface area contributed by atoms with E-state index in [9.17, 15) is 9.59 Å². The van der Waals surface area contributed by atoms with E-state index < -0.39 is 0 Å². The van der Waals surface area contributed by atoms with Gasteiger partial charge < -0.3 is 14.2 Å². The molecule has 0 aliphatic carbocycles. The zero-order chi connectivity index (χ0) is 20.2. The fourth-order valence-electron chi connectivity index (χ4n) is 4.11. The second-order valence-electron chi connectivity index (χ2n) is 7.66. The largest absolute Gasteiger partial charge is 0.469 e. The Kier molecular flexibility index (Phi) is 6.25. The molecule has 1 amide bonds. The van der Waals surface area contributed by atoms with Crippen LogP contribution in [0.5, 0.6) is 0 Å². The Hall–Kier alpha value is -2.26. The number of aromatic nitrogens is 2. The zero-order valence-electron chi connectivity index (χ0n) is 16.6. The third kappa shape index (κ3) is 4.67. The van der Waals surface area contributed by atoms with E-state index in [1.54, 1.807) is 11.3 Å². The second kappa shape index (κ2) is 9.04. The monoisotopic (exact) mass is 418 g/mol. The fourth-order valence-corrected chi connectivity index (χ4v) is 4.76. The van der Waals surface area contributed by atoms with Gasteiger partial charge in [0.15, 0.2) is 0 Å². The van der Waals surface area contributed by atoms with E-state index >= 15 is 0 Å². The number of ether oxygens (including phenoxy) is 1. The molecule has 2 aromatic rings. The number of hydrogen-bond acceptors (Lipinski definition) is 8. The van der Waals surface area contributed by atoms with Crippen LogP contribution in [0.1, 0.15) is 31.6 Å². The molecule has 9 heteroatoms. The van der Waals surface area contributed by atoms with Gasteiger partial charge in [0, 0.05) is 19.0 Å². The summed E-state index contributed by atoms with van der Waals surface area (Å²) in [6.07, 6.45) is 3.06. The Bertz CT molecular complexity index is 821. The Morgan fingerprint density at radius 1 is 1.17 bits per heavy atom. The smallest absolute Gasteiger partial charge is 0.308 e. The predicted octanol–water partition coefficient (Wildman–Crippen LogP) is 2.42. The second-order valence-corrected chi connectivity index (χ2v) is 8.61. The van der Waals surface area contributed by atoms with E-state index in [1.165, 1.54) is 7.11 Å². The van der Waals surface area contributed by atoms with Crippen LogP contribution in [0.15, 0.2) is 22.0 Å². The first-order valence-electron chi connectivity index (χ1n) is 10.1. The van der Waals surface area contributed by atoms with Crippen molar-refractivity contribution in [3.8, 4) is 10.7 Å². The summed E-state index contributed by atoms with van der Waals surface area (Å²) >= 11 is 1.59. The third-order valence-electron chi connectivity index (χ3n) is 5.85. The standard InChI is InChI=1S/C20H26N4O4S/c1-27-20(26)15-6-10-24(11-7-15)19(25)14-4-8-23(9-5-14)13-17-21-18(22-28-17)16-3-2-12-29-16/h2-3,12,14-15H,4-11,13H2,1H3. The number of carbonyl (C=O) groups is 2. The van der Waals surface area contributed by atoms with Gasteiger partial charge in [0.25, 0.3) is 0 Å². The summed E-state index contributed by atoms with van der Waals surface area (Å²) in [5.74, 6) is 1.31. The molecule has 0 N–H and O–H groups in total. The molecule has 156 valence electrons. The van der Waals surface area contributed by atoms with Gasteiger partial charge in [0.1, 0.15) is 0 Å². The summed E-state index contributed by atoms with van der Waals surface area (Å²) in [5, 5.41) is 6.05. The molecule has 4 heterocycles. The van der Waals surface area contributed by atoms with Gasteiger partial charge in [-0.2, -0.15) is 4.98 Å². The molecular weight excluding hydrogens is 392 g/mol. The summed E-state index contributed by atoms with van der Waals surface area (Å²) in [4.78, 5) is 34.2. The molecule has 0 saturated carbocycles. The van der Waals surface area contributed by atoms with Gasteiger partial charge in [-0.05, 0) is 50.2 Å². The number of esters is 1. The average Bonchev–Trinajstić information content (AvgIpc) is 3.45. The van der Waals surface area contributed by atoms with Crippen molar-refractivity contribution in [1.82, 2.24) is 19.9 Å². The molecule has 0 atom stereocenters. The maximum absolute atomic E-state index is 12.9. The molecular formula is C20H26N4O4S. The SMILES string of the molecule is COC(=O)C1CCN(C(=O)C2CCN(Cc3nc(-c4cccs4)no3)CC2)CC1. The Morgan fingerprint density at radius 3 is 2.55 bits per heavy atom. The van der Waals surface area contributed by atoms with E-state index in [1.807, 2.05) is 22.4 Å². The Labute approximate surface area is 173 Å². The Balaban J connectivity index is 1.23. The van der Waals surface area contributed by atoms with Crippen LogP contribution in [0.2, 0.25) is 0 Å². The zero-order valence-corrected chi connectivity index (χ0v) is 17.4. The molecule has 2 aliphatic rings. The van der Waals surface area contributed by atoms with Crippen LogP contribution in [0.4, 0.5) is 0 Å². The fraction of sp³-hybridized carbons (Fsp3) is 0.600. The lowest BCUT2D eigenvalue weighted by Crippen LogP contribution is -2.46. The summed E-state index contributed by atoms with van der Waals surface area (Å²) in [6.45, 7) is 3.58. The van der Waals surface area contributed by atoms with Gasteiger partial charge in [-0.3, -0.25) is 14.5 Å². The number of thiophene rings is 1. The summed E-state index contributed by atoms with van der Waals surface area (Å²) < 4.78 is 10.2. The highest BCUT2D eigenvalue weighted by Crippen LogP contribution is 2.26. The number of rotatable bonds is 5. The maximum atomic E-state index is 12.9. The van der Waals surface area contributed by atoms with Crippen molar-refractivity contribution in [1.29, 1.82) is 0 Å². The first-order chi connectivity index (χ1) is 14.1. The molecule has 0 bridgehead atoms. The van der Waals surface area contributed by atoms with E-state index in [-0.39, 0.29) is 23.7 Å². The van der Waals surface area contributed by atoms with Gasteiger partial charge in [0.2, 0.25) is 17.6 Å². The van der Waals surface area contributed by atoms with Crippen molar-refractivity contribution < 1.29 is 18.8 Å². The van der Waals surface area contributed by atoms with Crippen LogP contribution in [-0.2, 0) is 20.9 Å². The molecule has 0 unspecified atom stereocenters. The lowest BCUT2D eigenvalue weighted by Gasteiger charge is -2.36. The van der Waals surface area contributed by atoms with Gasteiger partial charge >= 0.3 is 5.97 Å². The van der Waals surface area contributed by atoms with Gasteiger partial charge in [-0.15, -0.1) is 11.3 Å². The molecule has 2 saturated heterocycles. The highest BCUT2D eigenvalue weighted by Gasteiger charge is 2.33. The highest BCUT2D eigenvalue weighted by molar-refractivity contribution is 7.13. The van der Waals surface area contributed by atoms with E-state index in [0.29, 0.717) is 44.2 Å². The van der Waals surface area contributed by atoms with Crippen LogP contribution in [0.3, 0.4) is 0 Å². The average molecular weight is 419 g/mol. The molecule has 4 rings (SSSR count). The number of piperidine rings is 2. The molecule has 8 nitrogen and oxygen atoms in total. The van der Waals surface area contributed by atoms with E-state index in [4.69, 9.17) is 9.26 Å². The lowest BCUT2D eigenvalue weighted by molar-refractivity contribution is -0.150. The topological polar surface area (TPSA) is 88.8 Å². The molecule has 2 fully saturated rings. The maximum Gasteiger partial charge on any atom is 0.308 e. The molecule has 2 aromatic heterocycles. The molecule has 0 spiro atoms. The summed E-state index contributed by atoms with van der Waals surface area (Å²) in [7, 11) is 1.42. The Morgan fingerprint density at radius 2 is 1.90 bits per heavy atom. The number of amides is 1. The number of carbonyl (C=O) groups excluding carboxylic acids is 2. The number of hydrogen-bond donors (Lipinski definition) is 0. The highest BCUT2D eigenvalue weighted by atomic mass is 32.1. The van der Waals surface area contributed by atoms with Crippen molar-refractivity contribution in [3.63, 3.8) is 0 Å². The molecule has 2 aliphatic heterocycles. The van der Waals surface area contributed by atoms with Gasteiger partial charge in [-0.1, -0.05) is 11.2 Å². The van der Waals surface area contributed by atoms with Gasteiger partial charge in [-0.25, -0.2) is 0 Å². The number of methoxy groups -OCH3 is 1. The van der Waals surface area contributed by atoms with Crippen molar-refractivity contribution in [2.24, 2.45) is 11.8 Å². The van der Waals surface area contributed by atoms with Crippen molar-refractivity contribution in [3.05, 3.63) is 23.4 Å². The molecule has 29 heavy (non-hydrogen) atoms. The first-order valence-corrected chi connectivity index (χ1v) is 11.0. The lowest BCUT2D eigenvalue weighted by atomic mass is 9.92. The minimum Gasteiger partial charge on any atom is -0.469 e. The summed E-state index contributed by atoms with van der Waals surface area (Å²) in [6, 6.07) is 3.94. The number of nitrogens with zero attached hydrogens (tertiary/aromatic N) is 4. The first kappa shape index (κ1) is 20.0. The normalized spacial score (nSPS) is 19.4. The van der Waals surface area contributed by atoms with Crippen LogP contribution >= 0.6 is 11.3 Å². The quantitative estimate of drug-likeness (QED) is 0.689. The van der Waals surface area contributed by atoms with Crippen LogP contribution in [0, 0.1) is 11.8 Å². The summed E-state index contributed by atoms with van der Waals surface area (Å²) in [5.41, 5.74) is 0. The van der Waals surface area contributed by atoms with Crippen molar-refractivity contribution >= 4 is 23.2 Å².